The fourth-order valence-corrected chi connectivity index (χ4v) is 2.90. The first kappa shape index (κ1) is 15.0. The van der Waals surface area contributed by atoms with Crippen molar-refractivity contribution in [2.45, 2.75) is 13.8 Å². The van der Waals surface area contributed by atoms with Crippen LogP contribution in [-0.2, 0) is 0 Å². The van der Waals surface area contributed by atoms with Gasteiger partial charge in [0.15, 0.2) is 0 Å². The van der Waals surface area contributed by atoms with Crippen molar-refractivity contribution in [2.24, 2.45) is 0 Å². The Balaban J connectivity index is 1.78. The number of nitrogens with zero attached hydrogens (tertiary/aromatic N) is 3. The topological polar surface area (TPSA) is 90.5 Å². The highest BCUT2D eigenvalue weighted by Crippen LogP contribution is 2.30. The van der Waals surface area contributed by atoms with E-state index in [1.165, 1.54) is 0 Å². The lowest BCUT2D eigenvalue weighted by molar-refractivity contribution is 0.393. The molecular formula is C19H15N5O. The smallest absolute Gasteiger partial charge is 0.143 e. The maximum Gasteiger partial charge on any atom is 0.143 e. The summed E-state index contributed by atoms with van der Waals surface area (Å²) in [5, 5.41) is 16.4. The minimum absolute atomic E-state index is 0.606. The minimum Gasteiger partial charge on any atom is -0.361 e. The Labute approximate surface area is 144 Å². The van der Waals surface area contributed by atoms with Gasteiger partial charge in [0, 0.05) is 11.9 Å². The Kier molecular flexibility index (Phi) is 3.47. The zero-order chi connectivity index (χ0) is 17.4. The van der Waals surface area contributed by atoms with E-state index >= 15 is 0 Å². The van der Waals surface area contributed by atoms with Crippen molar-refractivity contribution in [3.8, 4) is 17.3 Å². The van der Waals surface area contributed by atoms with E-state index in [9.17, 15) is 0 Å². The van der Waals surface area contributed by atoms with E-state index in [1.807, 2.05) is 44.3 Å². The molecule has 0 aliphatic rings. The van der Waals surface area contributed by atoms with E-state index in [1.54, 1.807) is 12.1 Å². The number of anilines is 2. The second-order valence-electron chi connectivity index (χ2n) is 5.81. The molecule has 0 saturated carbocycles. The molecule has 2 N–H and O–H groups in total. The molecule has 0 atom stereocenters. The van der Waals surface area contributed by atoms with Gasteiger partial charge in [-0.3, -0.25) is 0 Å². The first-order chi connectivity index (χ1) is 12.2. The highest BCUT2D eigenvalue weighted by Gasteiger charge is 2.15. The molecule has 25 heavy (non-hydrogen) atoms. The van der Waals surface area contributed by atoms with Crippen LogP contribution in [0.3, 0.4) is 0 Å². The maximum absolute atomic E-state index is 9.04. The van der Waals surface area contributed by atoms with Gasteiger partial charge in [-0.2, -0.15) is 5.26 Å². The summed E-state index contributed by atoms with van der Waals surface area (Å²) >= 11 is 0. The van der Waals surface area contributed by atoms with Crippen molar-refractivity contribution >= 4 is 22.4 Å². The number of benzene rings is 1. The third-order valence-electron chi connectivity index (χ3n) is 4.08. The predicted octanol–water partition coefficient (Wildman–Crippen LogP) is 4.45. The average molecular weight is 329 g/mol. The molecule has 4 rings (SSSR count). The van der Waals surface area contributed by atoms with E-state index in [2.05, 4.69) is 21.5 Å². The van der Waals surface area contributed by atoms with Crippen molar-refractivity contribution in [1.29, 1.82) is 5.26 Å². The van der Waals surface area contributed by atoms with Crippen LogP contribution >= 0.6 is 0 Å². The lowest BCUT2D eigenvalue weighted by atomic mass is 10.1. The fraction of sp³-hybridized carbons (Fsp3) is 0.105. The third-order valence-corrected chi connectivity index (χ3v) is 4.08. The molecular weight excluding hydrogens is 314 g/mol. The summed E-state index contributed by atoms with van der Waals surface area (Å²) in [6, 6.07) is 13.4. The number of aromatic nitrogens is 3. The zero-order valence-corrected chi connectivity index (χ0v) is 13.8. The van der Waals surface area contributed by atoms with Crippen molar-refractivity contribution in [3.05, 3.63) is 59.6 Å². The second-order valence-corrected chi connectivity index (χ2v) is 5.81. The Hall–Kier alpha value is -3.59. The predicted molar refractivity (Wildman–Crippen MR) is 95.5 cm³/mol. The first-order valence-corrected chi connectivity index (χ1v) is 7.84. The van der Waals surface area contributed by atoms with Gasteiger partial charge in [0.25, 0.3) is 0 Å². The molecule has 0 fully saturated rings. The maximum atomic E-state index is 9.04. The third kappa shape index (κ3) is 2.62. The van der Waals surface area contributed by atoms with E-state index in [0.717, 1.165) is 45.1 Å². The van der Waals surface area contributed by atoms with Gasteiger partial charge in [0.2, 0.25) is 0 Å². The van der Waals surface area contributed by atoms with Crippen molar-refractivity contribution in [2.75, 3.05) is 5.32 Å². The molecule has 3 heterocycles. The van der Waals surface area contributed by atoms with Crippen LogP contribution in [0.25, 0.3) is 22.3 Å². The van der Waals surface area contributed by atoms with Gasteiger partial charge in [0.1, 0.15) is 11.3 Å². The largest absolute Gasteiger partial charge is 0.361 e. The minimum atomic E-state index is 0.606. The van der Waals surface area contributed by atoms with Gasteiger partial charge in [-0.15, -0.1) is 0 Å². The van der Waals surface area contributed by atoms with E-state index in [0.29, 0.717) is 5.56 Å². The van der Waals surface area contributed by atoms with Gasteiger partial charge in [0.05, 0.1) is 39.8 Å². The number of hydrogen-bond donors (Lipinski definition) is 2. The standard InChI is InChI=1S/C19H15N5O/c1-11-18(12(2)25-24-11)15-6-7-16-19(23-15)17(10-21-16)22-14-5-3-4-13(8-14)9-20/h3-8,10,21-22H,1-2H3. The van der Waals surface area contributed by atoms with Crippen LogP contribution in [0.2, 0.25) is 0 Å². The van der Waals surface area contributed by atoms with Crippen LogP contribution in [0, 0.1) is 25.2 Å². The quantitative estimate of drug-likeness (QED) is 0.579. The summed E-state index contributed by atoms with van der Waals surface area (Å²) in [4.78, 5) is 7.99. The molecule has 0 aliphatic carbocycles. The van der Waals surface area contributed by atoms with E-state index in [-0.39, 0.29) is 0 Å². The average Bonchev–Trinajstić information content (AvgIpc) is 3.18. The summed E-state index contributed by atoms with van der Waals surface area (Å²) < 4.78 is 5.25. The number of hydrogen-bond acceptors (Lipinski definition) is 5. The van der Waals surface area contributed by atoms with Gasteiger partial charge in [-0.05, 0) is 44.2 Å². The van der Waals surface area contributed by atoms with Crippen LogP contribution in [0.5, 0.6) is 0 Å². The Morgan fingerprint density at radius 3 is 2.84 bits per heavy atom. The van der Waals surface area contributed by atoms with Crippen LogP contribution in [0.1, 0.15) is 17.0 Å². The number of pyridine rings is 1. The Bertz CT molecular complexity index is 1100. The van der Waals surface area contributed by atoms with Gasteiger partial charge in [-0.25, -0.2) is 4.98 Å². The number of aryl methyl sites for hydroxylation is 2. The molecule has 0 unspecified atom stereocenters. The zero-order valence-electron chi connectivity index (χ0n) is 13.8. The fourth-order valence-electron chi connectivity index (χ4n) is 2.90. The molecule has 0 spiro atoms. The molecule has 0 aliphatic heterocycles. The molecule has 4 aromatic rings. The summed E-state index contributed by atoms with van der Waals surface area (Å²) in [5.41, 5.74) is 6.58. The van der Waals surface area contributed by atoms with Crippen LogP contribution in [-0.4, -0.2) is 15.1 Å². The SMILES string of the molecule is Cc1noc(C)c1-c1ccc2[nH]cc(Nc3cccc(C#N)c3)c2n1. The normalized spacial score (nSPS) is 10.8. The summed E-state index contributed by atoms with van der Waals surface area (Å²) in [6.07, 6.45) is 1.87. The number of aromatic amines is 1. The number of rotatable bonds is 3. The number of nitrogens with one attached hydrogen (secondary N) is 2. The molecule has 6 nitrogen and oxygen atoms in total. The molecule has 1 aromatic carbocycles. The van der Waals surface area contributed by atoms with Crippen molar-refractivity contribution in [1.82, 2.24) is 15.1 Å². The Morgan fingerprint density at radius 1 is 1.20 bits per heavy atom. The molecule has 122 valence electrons. The molecule has 0 bridgehead atoms. The van der Waals surface area contributed by atoms with Crippen LogP contribution < -0.4 is 5.32 Å². The summed E-state index contributed by atoms with van der Waals surface area (Å²) in [5.74, 6) is 0.746. The lowest BCUT2D eigenvalue weighted by Crippen LogP contribution is -1.92. The van der Waals surface area contributed by atoms with E-state index < -0.39 is 0 Å². The molecule has 0 amide bonds. The van der Waals surface area contributed by atoms with Crippen LogP contribution in [0.4, 0.5) is 11.4 Å². The number of fused-ring (bicyclic) bond motifs is 1. The monoisotopic (exact) mass is 329 g/mol. The highest BCUT2D eigenvalue weighted by molar-refractivity contribution is 5.92. The first-order valence-electron chi connectivity index (χ1n) is 7.84. The van der Waals surface area contributed by atoms with Gasteiger partial charge < -0.3 is 14.8 Å². The lowest BCUT2D eigenvalue weighted by Gasteiger charge is -2.06. The number of nitriles is 1. The highest BCUT2D eigenvalue weighted by atomic mass is 16.5. The summed E-state index contributed by atoms with van der Waals surface area (Å²) in [6.45, 7) is 3.78. The van der Waals surface area contributed by atoms with Gasteiger partial charge >= 0.3 is 0 Å². The van der Waals surface area contributed by atoms with Crippen molar-refractivity contribution < 1.29 is 4.52 Å². The second kappa shape index (κ2) is 5.80. The molecule has 0 radical (unpaired) electrons. The summed E-state index contributed by atoms with van der Waals surface area (Å²) in [7, 11) is 0. The molecule has 0 saturated heterocycles. The molecule has 6 heteroatoms. The Morgan fingerprint density at radius 2 is 2.08 bits per heavy atom. The van der Waals surface area contributed by atoms with E-state index in [4.69, 9.17) is 14.8 Å². The van der Waals surface area contributed by atoms with Gasteiger partial charge in [-0.1, -0.05) is 11.2 Å². The number of H-pyrrole nitrogens is 1. The van der Waals surface area contributed by atoms with Crippen molar-refractivity contribution in [3.63, 3.8) is 0 Å². The van der Waals surface area contributed by atoms with Crippen LogP contribution in [0.15, 0.2) is 47.1 Å². The molecule has 3 aromatic heterocycles.